The van der Waals surface area contributed by atoms with Crippen molar-refractivity contribution in [3.8, 4) is 0 Å². The Morgan fingerprint density at radius 3 is 2.49 bits per heavy atom. The molecule has 1 aliphatic heterocycles. The highest BCUT2D eigenvalue weighted by Gasteiger charge is 2.84. The number of Topliss-reactive ketones (excluding diaryl/α,β-unsaturated/α-hetero) is 1. The maximum atomic E-state index is 15.7. The number of alkyl halides is 1. The van der Waals surface area contributed by atoms with Gasteiger partial charge in [-0.3, -0.25) is 19.2 Å². The lowest BCUT2D eigenvalue weighted by Gasteiger charge is -2.56. The first-order valence-corrected chi connectivity index (χ1v) is 12.9. The van der Waals surface area contributed by atoms with Crippen molar-refractivity contribution in [3.63, 3.8) is 0 Å². The molecule has 9 heteroatoms. The highest BCUT2D eigenvalue weighted by Crippen LogP contribution is 2.77. The molecular weight excluding hydrogens is 523 g/mol. The van der Waals surface area contributed by atoms with E-state index in [0.717, 1.165) is 0 Å². The van der Waals surface area contributed by atoms with Gasteiger partial charge in [-0.2, -0.15) is 0 Å². The number of fused-ring (bicyclic) bond motifs is 3. The molecule has 0 aromatic carbocycles. The Kier molecular flexibility index (Phi) is 5.37. The maximum Gasteiger partial charge on any atom is 0.303 e. The Morgan fingerprint density at radius 1 is 1.17 bits per heavy atom. The number of carbonyl (C=O) groups is 4. The number of carbonyl (C=O) groups excluding carboxylic acids is 4. The fraction of sp³-hybridized carbons (Fsp3) is 0.692. The minimum atomic E-state index is -1.52. The van der Waals surface area contributed by atoms with Crippen LogP contribution in [-0.2, 0) is 33.4 Å². The molecule has 7 nitrogen and oxygen atoms in total. The molecule has 190 valence electrons. The van der Waals surface area contributed by atoms with Crippen LogP contribution in [0.1, 0.15) is 53.9 Å². The van der Waals surface area contributed by atoms with E-state index in [0.29, 0.717) is 22.9 Å². The second-order valence-corrected chi connectivity index (χ2v) is 12.1. The second kappa shape index (κ2) is 7.57. The lowest BCUT2D eigenvalue weighted by atomic mass is 9.46. The Balaban J connectivity index is 1.60. The van der Waals surface area contributed by atoms with Gasteiger partial charge in [-0.1, -0.05) is 19.9 Å². The zero-order valence-corrected chi connectivity index (χ0v) is 22.1. The first kappa shape index (κ1) is 24.8. The van der Waals surface area contributed by atoms with Crippen molar-refractivity contribution in [3.05, 3.63) is 22.2 Å². The number of allylic oxidation sites excluding steroid dienone is 2. The third-order valence-corrected chi connectivity index (χ3v) is 10.3. The van der Waals surface area contributed by atoms with E-state index in [-0.39, 0.29) is 36.1 Å². The van der Waals surface area contributed by atoms with Crippen molar-refractivity contribution in [2.75, 3.05) is 6.61 Å². The normalized spacial score (nSPS) is 47.3. The van der Waals surface area contributed by atoms with Gasteiger partial charge in [0.15, 0.2) is 18.0 Å². The number of halogens is 2. The van der Waals surface area contributed by atoms with E-state index in [1.165, 1.54) is 19.9 Å². The molecule has 0 unspecified atom stereocenters. The topological polar surface area (TPSA) is 99.3 Å². The Morgan fingerprint density at radius 2 is 1.86 bits per heavy atom. The largest absolute Gasteiger partial charge is 0.458 e. The van der Waals surface area contributed by atoms with Crippen LogP contribution in [0.25, 0.3) is 0 Å². The van der Waals surface area contributed by atoms with E-state index in [2.05, 4.69) is 15.9 Å². The van der Waals surface area contributed by atoms with E-state index >= 15 is 4.39 Å². The fourth-order valence-electron chi connectivity index (χ4n) is 8.38. The molecular formula is C26H30BrFO7. The Bertz CT molecular complexity index is 1110. The van der Waals surface area contributed by atoms with Gasteiger partial charge in [0.25, 0.3) is 0 Å². The van der Waals surface area contributed by atoms with Crippen LogP contribution in [0, 0.1) is 28.6 Å². The van der Waals surface area contributed by atoms with Gasteiger partial charge in [-0.15, -0.1) is 0 Å². The van der Waals surface area contributed by atoms with E-state index < -0.39 is 52.5 Å². The molecule has 5 rings (SSSR count). The van der Waals surface area contributed by atoms with E-state index in [1.54, 1.807) is 6.08 Å². The summed E-state index contributed by atoms with van der Waals surface area (Å²) in [6, 6.07) is 0. The van der Waals surface area contributed by atoms with Crippen LogP contribution in [-0.4, -0.2) is 53.6 Å². The number of hydrogen-bond acceptors (Lipinski definition) is 7. The van der Waals surface area contributed by atoms with Crippen LogP contribution >= 0.6 is 15.9 Å². The number of ketones is 2. The summed E-state index contributed by atoms with van der Waals surface area (Å²) in [7, 11) is 0. The average Bonchev–Trinajstić information content (AvgIpc) is 3.43. The molecule has 5 aliphatic rings. The molecule has 1 saturated heterocycles. The Hall–Kier alpha value is -1.87. The van der Waals surface area contributed by atoms with Gasteiger partial charge in [0.2, 0.25) is 5.78 Å². The molecule has 0 aromatic rings. The molecule has 4 fully saturated rings. The van der Waals surface area contributed by atoms with Gasteiger partial charge in [0, 0.05) is 30.6 Å². The lowest BCUT2D eigenvalue weighted by Crippen LogP contribution is -2.64. The molecule has 9 atom stereocenters. The summed E-state index contributed by atoms with van der Waals surface area (Å²) in [5.74, 6) is -2.71. The summed E-state index contributed by atoms with van der Waals surface area (Å²) in [5.41, 5.74) is -3.43. The molecule has 0 bridgehead atoms. The van der Waals surface area contributed by atoms with Gasteiger partial charge < -0.3 is 14.2 Å². The van der Waals surface area contributed by atoms with Gasteiger partial charge in [-0.25, -0.2) is 4.39 Å². The van der Waals surface area contributed by atoms with Gasteiger partial charge >= 0.3 is 11.9 Å². The summed E-state index contributed by atoms with van der Waals surface area (Å²) in [4.78, 5) is 49.8. The van der Waals surface area contributed by atoms with E-state index in [4.69, 9.17) is 14.2 Å². The second-order valence-electron chi connectivity index (χ2n) is 11.3. The van der Waals surface area contributed by atoms with Crippen molar-refractivity contribution >= 4 is 39.4 Å². The SMILES string of the molecule is CC(=O)OCC(=O)[C@@]1(OC(C)=O)[C@H](C)C[C@H]2[C@@H]3C[C@@H](F)C4=CC(=O)C(Br)=C[C@]4(C)[C@@]34O[C@H]4C[C@@]21C. The highest BCUT2D eigenvalue weighted by molar-refractivity contribution is 9.12. The molecule has 35 heavy (non-hydrogen) atoms. The molecule has 1 spiro atoms. The van der Waals surface area contributed by atoms with E-state index in [1.807, 2.05) is 20.8 Å². The molecule has 0 aromatic heterocycles. The summed E-state index contributed by atoms with van der Waals surface area (Å²) >= 11 is 3.35. The first-order chi connectivity index (χ1) is 16.2. The number of epoxide rings is 1. The fourth-order valence-corrected chi connectivity index (χ4v) is 8.96. The third kappa shape index (κ3) is 2.97. The number of ether oxygens (including phenoxy) is 3. The molecule has 1 heterocycles. The summed E-state index contributed by atoms with van der Waals surface area (Å²) in [6.07, 6.45) is 2.67. The molecule has 0 radical (unpaired) electrons. The van der Waals surface area contributed by atoms with E-state index in [9.17, 15) is 19.2 Å². The molecule has 0 amide bonds. The van der Waals surface area contributed by atoms with Crippen LogP contribution in [0.4, 0.5) is 4.39 Å². The highest BCUT2D eigenvalue weighted by atomic mass is 79.9. The molecule has 0 N–H and O–H groups in total. The van der Waals surface area contributed by atoms with Crippen molar-refractivity contribution in [1.29, 1.82) is 0 Å². The minimum absolute atomic E-state index is 0.165. The summed E-state index contributed by atoms with van der Waals surface area (Å²) in [6.45, 7) is 7.72. The van der Waals surface area contributed by atoms with Crippen LogP contribution in [0.2, 0.25) is 0 Å². The minimum Gasteiger partial charge on any atom is -0.458 e. The predicted molar refractivity (Wildman–Crippen MR) is 125 cm³/mol. The number of hydrogen-bond donors (Lipinski definition) is 0. The van der Waals surface area contributed by atoms with Crippen LogP contribution in [0.3, 0.4) is 0 Å². The Labute approximate surface area is 211 Å². The van der Waals surface area contributed by atoms with Gasteiger partial charge in [0.1, 0.15) is 11.8 Å². The maximum absolute atomic E-state index is 15.7. The first-order valence-electron chi connectivity index (χ1n) is 12.1. The molecule has 3 saturated carbocycles. The molecule has 4 aliphatic carbocycles. The lowest BCUT2D eigenvalue weighted by molar-refractivity contribution is -0.193. The predicted octanol–water partition coefficient (Wildman–Crippen LogP) is 3.78. The smallest absolute Gasteiger partial charge is 0.303 e. The summed E-state index contributed by atoms with van der Waals surface area (Å²) < 4.78 is 33.5. The van der Waals surface area contributed by atoms with Gasteiger partial charge in [0.05, 0.1) is 10.6 Å². The zero-order valence-electron chi connectivity index (χ0n) is 20.5. The van der Waals surface area contributed by atoms with Crippen LogP contribution in [0.5, 0.6) is 0 Å². The standard InChI is InChI=1S/C26H30BrFO7/c1-12-6-15-16-7-19(28)17-8-20(31)18(27)9-23(17,4)26(16)22(35-26)10-24(15,5)25(12,34-14(3)30)21(32)11-33-13(2)29/h8-9,12,15-16,19,22H,6-7,10-11H2,1-5H3/t12-,15+,16+,19-,22+,23+,24+,25+,26-/m1/s1. The third-order valence-electron chi connectivity index (χ3n) is 9.65. The van der Waals surface area contributed by atoms with Crippen LogP contribution < -0.4 is 0 Å². The monoisotopic (exact) mass is 552 g/mol. The number of rotatable bonds is 4. The van der Waals surface area contributed by atoms with Crippen molar-refractivity contribution < 1.29 is 37.8 Å². The quantitative estimate of drug-likeness (QED) is 0.386. The summed E-state index contributed by atoms with van der Waals surface area (Å²) in [5, 5.41) is 0. The van der Waals surface area contributed by atoms with Crippen LogP contribution in [0.15, 0.2) is 22.2 Å². The van der Waals surface area contributed by atoms with Crippen molar-refractivity contribution in [2.45, 2.75) is 77.4 Å². The van der Waals surface area contributed by atoms with Crippen molar-refractivity contribution in [2.24, 2.45) is 28.6 Å². The van der Waals surface area contributed by atoms with Gasteiger partial charge in [-0.05, 0) is 65.6 Å². The average molecular weight is 553 g/mol. The van der Waals surface area contributed by atoms with Crippen molar-refractivity contribution in [1.82, 2.24) is 0 Å². The zero-order chi connectivity index (χ0) is 25.7. The number of esters is 2.